The summed E-state index contributed by atoms with van der Waals surface area (Å²) in [6, 6.07) is 8.94. The molecule has 0 unspecified atom stereocenters. The molecule has 3 atom stereocenters. The van der Waals surface area contributed by atoms with Gasteiger partial charge >= 0.3 is 0 Å². The van der Waals surface area contributed by atoms with Gasteiger partial charge in [0.1, 0.15) is 0 Å². The van der Waals surface area contributed by atoms with E-state index in [4.69, 9.17) is 0 Å². The Kier molecular flexibility index (Phi) is 7.05. The normalized spacial score (nSPS) is 15.8. The molecule has 1 heterocycles. The first-order valence-electron chi connectivity index (χ1n) is 8.76. The number of hydrogen-bond acceptors (Lipinski definition) is 6. The molecule has 1 aromatic carbocycles. The van der Waals surface area contributed by atoms with E-state index in [1.807, 2.05) is 39.0 Å². The number of sulfone groups is 1. The summed E-state index contributed by atoms with van der Waals surface area (Å²) < 4.78 is 26.7. The van der Waals surface area contributed by atoms with Crippen LogP contribution in [0.4, 0.5) is 0 Å². The molecule has 0 aliphatic rings. The van der Waals surface area contributed by atoms with Gasteiger partial charge in [-0.1, -0.05) is 56.2 Å². The maximum absolute atomic E-state index is 12.7. The lowest BCUT2D eigenvalue weighted by molar-refractivity contribution is 0.133. The van der Waals surface area contributed by atoms with Crippen molar-refractivity contribution in [2.75, 3.05) is 5.75 Å². The molecule has 0 radical (unpaired) electrons. The summed E-state index contributed by atoms with van der Waals surface area (Å²) in [5, 5.41) is 20.7. The van der Waals surface area contributed by atoms with Gasteiger partial charge in [0.2, 0.25) is 9.84 Å². The minimum absolute atomic E-state index is 0.0464. The molecule has 0 bridgehead atoms. The van der Waals surface area contributed by atoms with Gasteiger partial charge in [-0.05, 0) is 47.2 Å². The molecule has 0 fully saturated rings. The second-order valence-electron chi connectivity index (χ2n) is 6.59. The Morgan fingerprint density at radius 2 is 1.92 bits per heavy atom. The van der Waals surface area contributed by atoms with Gasteiger partial charge in [-0.2, -0.15) is 4.68 Å². The number of rotatable bonds is 9. The highest BCUT2D eigenvalue weighted by atomic mass is 32.2. The molecular formula is C18H26N4O3S. The number of aliphatic hydroxyl groups excluding tert-OH is 1. The predicted molar refractivity (Wildman–Crippen MR) is 99.6 cm³/mol. The molecule has 1 aromatic heterocycles. The predicted octanol–water partition coefficient (Wildman–Crippen LogP) is 2.43. The van der Waals surface area contributed by atoms with E-state index >= 15 is 0 Å². The zero-order valence-electron chi connectivity index (χ0n) is 15.4. The highest BCUT2D eigenvalue weighted by molar-refractivity contribution is 7.91. The Bertz CT molecular complexity index is 818. The quantitative estimate of drug-likeness (QED) is 0.673. The topological polar surface area (TPSA) is 98.0 Å². The highest BCUT2D eigenvalue weighted by Crippen LogP contribution is 2.17. The van der Waals surface area contributed by atoms with Gasteiger partial charge in [0.05, 0.1) is 17.5 Å². The van der Waals surface area contributed by atoms with Crippen molar-refractivity contribution < 1.29 is 13.5 Å². The van der Waals surface area contributed by atoms with Crippen molar-refractivity contribution in [3.63, 3.8) is 0 Å². The maximum atomic E-state index is 12.7. The van der Waals surface area contributed by atoms with Crippen molar-refractivity contribution in [3.8, 4) is 5.69 Å². The van der Waals surface area contributed by atoms with Crippen LogP contribution in [0.15, 0.2) is 47.6 Å². The van der Waals surface area contributed by atoms with Crippen LogP contribution in [0.5, 0.6) is 0 Å². The molecule has 8 heteroatoms. The zero-order valence-corrected chi connectivity index (χ0v) is 16.2. The number of hydrogen-bond donors (Lipinski definition) is 1. The Morgan fingerprint density at radius 1 is 1.23 bits per heavy atom. The minimum atomic E-state index is -3.62. The van der Waals surface area contributed by atoms with E-state index in [-0.39, 0.29) is 28.8 Å². The van der Waals surface area contributed by atoms with Gasteiger partial charge in [0.15, 0.2) is 0 Å². The van der Waals surface area contributed by atoms with Crippen LogP contribution >= 0.6 is 0 Å². The first kappa shape index (κ1) is 20.3. The fourth-order valence-corrected chi connectivity index (χ4v) is 4.25. The van der Waals surface area contributed by atoms with Gasteiger partial charge in [0.25, 0.3) is 5.16 Å². The molecule has 2 aromatic rings. The SMILES string of the molecule is CC[C@H](O)[C@@H](C)/C=C/C[C@H](C)CS(=O)(=O)c1nnnn1-c1ccccc1. The average molecular weight is 378 g/mol. The first-order valence-corrected chi connectivity index (χ1v) is 10.4. The lowest BCUT2D eigenvalue weighted by Crippen LogP contribution is -2.18. The second kappa shape index (κ2) is 9.05. The molecule has 2 rings (SSSR count). The van der Waals surface area contributed by atoms with Crippen molar-refractivity contribution in [2.45, 2.75) is 44.9 Å². The summed E-state index contributed by atoms with van der Waals surface area (Å²) in [6.45, 7) is 5.75. The fraction of sp³-hybridized carbons (Fsp3) is 0.500. The molecule has 26 heavy (non-hydrogen) atoms. The summed E-state index contributed by atoms with van der Waals surface area (Å²) in [5.41, 5.74) is 0.603. The van der Waals surface area contributed by atoms with E-state index in [1.165, 1.54) is 4.68 Å². The van der Waals surface area contributed by atoms with Crippen LogP contribution in [-0.2, 0) is 9.84 Å². The molecule has 1 N–H and O–H groups in total. The third-order valence-electron chi connectivity index (χ3n) is 4.23. The Hall–Kier alpha value is -2.06. The van der Waals surface area contributed by atoms with Crippen LogP contribution in [0, 0.1) is 11.8 Å². The Morgan fingerprint density at radius 3 is 2.58 bits per heavy atom. The van der Waals surface area contributed by atoms with Crippen LogP contribution in [0.3, 0.4) is 0 Å². The largest absolute Gasteiger partial charge is 0.393 e. The van der Waals surface area contributed by atoms with E-state index in [2.05, 4.69) is 15.5 Å². The van der Waals surface area contributed by atoms with E-state index in [9.17, 15) is 13.5 Å². The van der Waals surface area contributed by atoms with Crippen LogP contribution in [0.1, 0.15) is 33.6 Å². The van der Waals surface area contributed by atoms with Gasteiger partial charge in [-0.3, -0.25) is 0 Å². The standard InChI is InChI=1S/C18H26N4O3S/c1-4-17(23)15(3)10-8-9-14(2)13-26(24,25)18-19-20-21-22(18)16-11-6-5-7-12-16/h5-8,10-12,14-15,17,23H,4,9,13H2,1-3H3/b10-8+/t14-,15-,17-/m0/s1. The summed E-state index contributed by atoms with van der Waals surface area (Å²) in [5.74, 6) is -0.0905. The Labute approximate surface area is 154 Å². The van der Waals surface area contributed by atoms with Crippen molar-refractivity contribution >= 4 is 9.84 Å². The van der Waals surface area contributed by atoms with Crippen LogP contribution in [0.2, 0.25) is 0 Å². The van der Waals surface area contributed by atoms with Crippen molar-refractivity contribution in [1.82, 2.24) is 20.2 Å². The molecule has 7 nitrogen and oxygen atoms in total. The van der Waals surface area contributed by atoms with Crippen LogP contribution in [0.25, 0.3) is 5.69 Å². The number of para-hydroxylation sites is 1. The summed E-state index contributed by atoms with van der Waals surface area (Å²) in [6.07, 6.45) is 4.79. The van der Waals surface area contributed by atoms with E-state index in [1.54, 1.807) is 24.3 Å². The molecule has 0 aliphatic carbocycles. The van der Waals surface area contributed by atoms with Gasteiger partial charge in [-0.25, -0.2) is 8.42 Å². The fourth-order valence-electron chi connectivity index (χ4n) is 2.65. The Balaban J connectivity index is 2.06. The molecule has 0 aliphatic heterocycles. The lowest BCUT2D eigenvalue weighted by Gasteiger charge is -2.13. The van der Waals surface area contributed by atoms with Crippen molar-refractivity contribution in [1.29, 1.82) is 0 Å². The number of benzene rings is 1. The van der Waals surface area contributed by atoms with E-state index in [0.717, 1.165) is 0 Å². The van der Waals surface area contributed by atoms with Gasteiger partial charge in [0, 0.05) is 0 Å². The number of aromatic nitrogens is 4. The van der Waals surface area contributed by atoms with Crippen LogP contribution in [-0.4, -0.2) is 45.6 Å². The number of tetrazole rings is 1. The van der Waals surface area contributed by atoms with Crippen molar-refractivity contribution in [2.24, 2.45) is 11.8 Å². The number of nitrogens with zero attached hydrogens (tertiary/aromatic N) is 4. The molecule has 0 saturated carbocycles. The monoisotopic (exact) mass is 378 g/mol. The van der Waals surface area contributed by atoms with E-state index in [0.29, 0.717) is 18.5 Å². The van der Waals surface area contributed by atoms with Gasteiger partial charge in [-0.15, -0.1) is 0 Å². The third kappa shape index (κ3) is 5.22. The van der Waals surface area contributed by atoms with E-state index < -0.39 is 9.84 Å². The average Bonchev–Trinajstić information content (AvgIpc) is 3.12. The number of allylic oxidation sites excluding steroid dienone is 1. The summed E-state index contributed by atoms with van der Waals surface area (Å²) in [4.78, 5) is 0. The lowest BCUT2D eigenvalue weighted by atomic mass is 10.0. The minimum Gasteiger partial charge on any atom is -0.393 e. The number of aliphatic hydroxyl groups is 1. The third-order valence-corrected chi connectivity index (χ3v) is 6.05. The maximum Gasteiger partial charge on any atom is 0.272 e. The van der Waals surface area contributed by atoms with Crippen molar-refractivity contribution in [3.05, 3.63) is 42.5 Å². The van der Waals surface area contributed by atoms with Crippen LogP contribution < -0.4 is 0 Å². The second-order valence-corrected chi connectivity index (χ2v) is 8.52. The highest BCUT2D eigenvalue weighted by Gasteiger charge is 2.25. The first-order chi connectivity index (χ1) is 12.3. The smallest absolute Gasteiger partial charge is 0.272 e. The van der Waals surface area contributed by atoms with Gasteiger partial charge < -0.3 is 5.11 Å². The summed E-state index contributed by atoms with van der Waals surface area (Å²) >= 11 is 0. The molecule has 142 valence electrons. The molecule has 0 spiro atoms. The molecule has 0 amide bonds. The molecular weight excluding hydrogens is 352 g/mol. The molecule has 0 saturated heterocycles. The summed E-state index contributed by atoms with van der Waals surface area (Å²) in [7, 11) is -3.62. The zero-order chi connectivity index (χ0) is 19.2.